The zero-order chi connectivity index (χ0) is 16.9. The maximum atomic E-state index is 13.1. The van der Waals surface area contributed by atoms with E-state index in [1.54, 1.807) is 10.9 Å². The average molecular weight is 328 g/mol. The van der Waals surface area contributed by atoms with E-state index in [0.29, 0.717) is 25.5 Å². The van der Waals surface area contributed by atoms with Gasteiger partial charge in [-0.25, -0.2) is 0 Å². The van der Waals surface area contributed by atoms with E-state index in [-0.39, 0.29) is 11.9 Å². The zero-order valence-electron chi connectivity index (χ0n) is 14.3. The lowest BCUT2D eigenvalue weighted by molar-refractivity contribution is 0.0715. The number of nitrogens with zero attached hydrogens (tertiary/aromatic N) is 4. The van der Waals surface area contributed by atoms with E-state index in [1.165, 1.54) is 0 Å². The summed E-state index contributed by atoms with van der Waals surface area (Å²) in [6, 6.07) is 7.78. The van der Waals surface area contributed by atoms with Crippen molar-refractivity contribution in [3.05, 3.63) is 47.5 Å². The molecule has 0 spiro atoms. The molecule has 0 saturated carbocycles. The molecule has 0 aromatic carbocycles. The van der Waals surface area contributed by atoms with E-state index in [1.807, 2.05) is 43.0 Å². The summed E-state index contributed by atoms with van der Waals surface area (Å²) in [7, 11) is 0. The zero-order valence-corrected chi connectivity index (χ0v) is 14.3. The summed E-state index contributed by atoms with van der Waals surface area (Å²) in [5.74, 6) is 0.0280. The number of ether oxygens (including phenoxy) is 1. The number of amides is 1. The molecule has 128 valence electrons. The van der Waals surface area contributed by atoms with Gasteiger partial charge in [0.25, 0.3) is 5.91 Å². The highest BCUT2D eigenvalue weighted by molar-refractivity contribution is 5.93. The van der Waals surface area contributed by atoms with Crippen LogP contribution < -0.4 is 0 Å². The van der Waals surface area contributed by atoms with Crippen molar-refractivity contribution in [3.63, 3.8) is 0 Å². The van der Waals surface area contributed by atoms with E-state index in [4.69, 9.17) is 4.74 Å². The van der Waals surface area contributed by atoms with Crippen LogP contribution in [0.4, 0.5) is 0 Å². The van der Waals surface area contributed by atoms with Crippen LogP contribution in [0, 0.1) is 6.92 Å². The molecule has 2 aromatic heterocycles. The summed E-state index contributed by atoms with van der Waals surface area (Å²) in [5, 5.41) is 4.45. The SMILES string of the molecule is CCOCCn1nc(C)cc1C(=O)N1CCCC1c1ccccn1. The second-order valence-electron chi connectivity index (χ2n) is 6.00. The number of hydrogen-bond donors (Lipinski definition) is 0. The van der Waals surface area contributed by atoms with Crippen molar-refractivity contribution < 1.29 is 9.53 Å². The first-order valence-electron chi connectivity index (χ1n) is 8.54. The Bertz CT molecular complexity index is 684. The third kappa shape index (κ3) is 3.48. The number of carbonyl (C=O) groups is 1. The lowest BCUT2D eigenvalue weighted by Gasteiger charge is -2.24. The third-order valence-corrected chi connectivity index (χ3v) is 4.32. The molecule has 6 nitrogen and oxygen atoms in total. The van der Waals surface area contributed by atoms with Crippen molar-refractivity contribution in [1.29, 1.82) is 0 Å². The van der Waals surface area contributed by atoms with E-state index in [0.717, 1.165) is 30.8 Å². The fourth-order valence-electron chi connectivity index (χ4n) is 3.22. The molecule has 0 radical (unpaired) electrons. The highest BCUT2D eigenvalue weighted by Gasteiger charge is 2.33. The Morgan fingerprint density at radius 1 is 1.42 bits per heavy atom. The Balaban J connectivity index is 1.80. The van der Waals surface area contributed by atoms with E-state index >= 15 is 0 Å². The minimum atomic E-state index is 0.0280. The van der Waals surface area contributed by atoms with Gasteiger partial charge in [0.2, 0.25) is 0 Å². The van der Waals surface area contributed by atoms with Crippen LogP contribution in [0.5, 0.6) is 0 Å². The molecule has 2 aromatic rings. The Kier molecular flexibility index (Phi) is 5.25. The maximum Gasteiger partial charge on any atom is 0.272 e. The molecule has 0 N–H and O–H groups in total. The van der Waals surface area contributed by atoms with Gasteiger partial charge in [0.15, 0.2) is 0 Å². The largest absolute Gasteiger partial charge is 0.380 e. The highest BCUT2D eigenvalue weighted by atomic mass is 16.5. The molecule has 3 rings (SSSR count). The minimum Gasteiger partial charge on any atom is -0.380 e. The van der Waals surface area contributed by atoms with Gasteiger partial charge >= 0.3 is 0 Å². The van der Waals surface area contributed by atoms with E-state index in [2.05, 4.69) is 10.1 Å². The molecule has 1 saturated heterocycles. The minimum absolute atomic E-state index is 0.0280. The van der Waals surface area contributed by atoms with Crippen LogP contribution in [0.25, 0.3) is 0 Å². The molecule has 1 unspecified atom stereocenters. The van der Waals surface area contributed by atoms with E-state index in [9.17, 15) is 4.79 Å². The van der Waals surface area contributed by atoms with Crippen molar-refractivity contribution >= 4 is 5.91 Å². The summed E-state index contributed by atoms with van der Waals surface area (Å²) < 4.78 is 7.17. The number of pyridine rings is 1. The first-order chi connectivity index (χ1) is 11.7. The van der Waals surface area contributed by atoms with Crippen LogP contribution in [0.2, 0.25) is 0 Å². The topological polar surface area (TPSA) is 60.3 Å². The second kappa shape index (κ2) is 7.57. The smallest absolute Gasteiger partial charge is 0.272 e. The van der Waals surface area contributed by atoms with Crippen LogP contribution in [-0.4, -0.2) is 45.3 Å². The Morgan fingerprint density at radius 3 is 3.04 bits per heavy atom. The van der Waals surface area contributed by atoms with Crippen molar-refractivity contribution in [3.8, 4) is 0 Å². The van der Waals surface area contributed by atoms with Crippen LogP contribution in [0.3, 0.4) is 0 Å². The third-order valence-electron chi connectivity index (χ3n) is 4.32. The summed E-state index contributed by atoms with van der Waals surface area (Å²) >= 11 is 0. The average Bonchev–Trinajstić information content (AvgIpc) is 3.22. The fourth-order valence-corrected chi connectivity index (χ4v) is 3.22. The van der Waals surface area contributed by atoms with Crippen LogP contribution in [0.15, 0.2) is 30.5 Å². The molecule has 1 aliphatic heterocycles. The predicted octanol–water partition coefficient (Wildman–Crippen LogP) is 2.60. The van der Waals surface area contributed by atoms with Crippen molar-refractivity contribution in [2.24, 2.45) is 0 Å². The number of carbonyl (C=O) groups excluding carboxylic acids is 1. The molecule has 0 bridgehead atoms. The molecule has 6 heteroatoms. The summed E-state index contributed by atoms with van der Waals surface area (Å²) in [4.78, 5) is 19.5. The fraction of sp³-hybridized carbons (Fsp3) is 0.500. The van der Waals surface area contributed by atoms with E-state index < -0.39 is 0 Å². The van der Waals surface area contributed by atoms with Gasteiger partial charge in [0, 0.05) is 19.3 Å². The molecular weight excluding hydrogens is 304 g/mol. The van der Waals surface area contributed by atoms with Crippen molar-refractivity contribution in [2.75, 3.05) is 19.8 Å². The summed E-state index contributed by atoms with van der Waals surface area (Å²) in [6.45, 7) is 6.44. The predicted molar refractivity (Wildman–Crippen MR) is 90.7 cm³/mol. The van der Waals surface area contributed by atoms with Crippen molar-refractivity contribution in [2.45, 2.75) is 39.3 Å². The molecule has 1 aliphatic rings. The molecule has 3 heterocycles. The van der Waals surface area contributed by atoms with Gasteiger partial charge in [0.1, 0.15) is 5.69 Å². The van der Waals surface area contributed by atoms with Gasteiger partial charge in [0.05, 0.1) is 30.6 Å². The lowest BCUT2D eigenvalue weighted by Crippen LogP contribution is -2.33. The second-order valence-corrected chi connectivity index (χ2v) is 6.00. The van der Waals surface area contributed by atoms with Crippen LogP contribution >= 0.6 is 0 Å². The quantitative estimate of drug-likeness (QED) is 0.765. The maximum absolute atomic E-state index is 13.1. The monoisotopic (exact) mass is 328 g/mol. The number of aryl methyl sites for hydroxylation is 1. The lowest BCUT2D eigenvalue weighted by atomic mass is 10.1. The van der Waals surface area contributed by atoms with Gasteiger partial charge in [-0.05, 0) is 44.9 Å². The van der Waals surface area contributed by atoms with Gasteiger partial charge in [-0.1, -0.05) is 6.07 Å². The Hall–Kier alpha value is -2.21. The Labute approximate surface area is 142 Å². The normalized spacial score (nSPS) is 17.4. The Morgan fingerprint density at radius 2 is 2.29 bits per heavy atom. The number of hydrogen-bond acceptors (Lipinski definition) is 4. The number of likely N-dealkylation sites (tertiary alicyclic amines) is 1. The van der Waals surface area contributed by atoms with Crippen molar-refractivity contribution in [1.82, 2.24) is 19.7 Å². The van der Waals surface area contributed by atoms with Gasteiger partial charge in [-0.3, -0.25) is 14.5 Å². The van der Waals surface area contributed by atoms with Crippen LogP contribution in [0.1, 0.15) is 47.7 Å². The molecular formula is C18H24N4O2. The standard InChI is InChI=1S/C18H24N4O2/c1-3-24-12-11-22-17(13-14(2)20-22)18(23)21-10-6-8-16(21)15-7-4-5-9-19-15/h4-5,7,9,13,16H,3,6,8,10-12H2,1-2H3. The molecule has 1 amide bonds. The number of rotatable bonds is 6. The molecule has 1 atom stereocenters. The molecule has 0 aliphatic carbocycles. The van der Waals surface area contributed by atoms with Gasteiger partial charge in [-0.15, -0.1) is 0 Å². The number of aromatic nitrogens is 3. The van der Waals surface area contributed by atoms with Crippen LogP contribution in [-0.2, 0) is 11.3 Å². The first-order valence-corrected chi connectivity index (χ1v) is 8.54. The summed E-state index contributed by atoms with van der Waals surface area (Å²) in [6.07, 6.45) is 3.74. The van der Waals surface area contributed by atoms with Gasteiger partial charge in [-0.2, -0.15) is 5.10 Å². The first kappa shape index (κ1) is 16.6. The van der Waals surface area contributed by atoms with Gasteiger partial charge < -0.3 is 9.64 Å². The molecule has 1 fully saturated rings. The summed E-state index contributed by atoms with van der Waals surface area (Å²) in [5.41, 5.74) is 2.44. The molecule has 24 heavy (non-hydrogen) atoms. The highest BCUT2D eigenvalue weighted by Crippen LogP contribution is 2.31.